The van der Waals surface area contributed by atoms with Crippen molar-refractivity contribution in [2.24, 2.45) is 16.4 Å². The van der Waals surface area contributed by atoms with Crippen LogP contribution >= 0.6 is 0 Å². The monoisotopic (exact) mass is 266 g/mol. The van der Waals surface area contributed by atoms with E-state index in [-0.39, 0.29) is 18.0 Å². The average Bonchev–Trinajstić information content (AvgIpc) is 2.31. The number of hydrogen-bond donors (Lipinski definition) is 0. The number of nitriles is 1. The molecule has 0 N–H and O–H groups in total. The fourth-order valence-electron chi connectivity index (χ4n) is 1.69. The van der Waals surface area contributed by atoms with Crippen molar-refractivity contribution in [1.29, 1.82) is 5.26 Å². The van der Waals surface area contributed by atoms with E-state index in [9.17, 15) is 4.79 Å². The summed E-state index contributed by atoms with van der Waals surface area (Å²) in [6, 6.07) is 2.14. The maximum atomic E-state index is 11.9. The molecule has 0 amide bonds. The summed E-state index contributed by atoms with van der Waals surface area (Å²) in [5.74, 6) is -0.715. The van der Waals surface area contributed by atoms with Crippen molar-refractivity contribution in [1.82, 2.24) is 0 Å². The van der Waals surface area contributed by atoms with Crippen LogP contribution in [0.5, 0.6) is 0 Å². The second-order valence-corrected chi connectivity index (χ2v) is 5.61. The molecule has 6 nitrogen and oxygen atoms in total. The zero-order chi connectivity index (χ0) is 14.6. The van der Waals surface area contributed by atoms with Gasteiger partial charge in [-0.1, -0.05) is 0 Å². The van der Waals surface area contributed by atoms with Gasteiger partial charge in [-0.05, 0) is 0 Å². The molecule has 0 radical (unpaired) electrons. The first-order valence-corrected chi connectivity index (χ1v) is 6.17. The fourth-order valence-corrected chi connectivity index (χ4v) is 1.69. The molecule has 1 aliphatic heterocycles. The van der Waals surface area contributed by atoms with Gasteiger partial charge >= 0.3 is 113 Å². The Hall–Kier alpha value is -1.42. The zero-order valence-electron chi connectivity index (χ0n) is 11.8. The van der Waals surface area contributed by atoms with E-state index < -0.39 is 17.8 Å². The third kappa shape index (κ3) is 4.03. The van der Waals surface area contributed by atoms with Crippen LogP contribution in [-0.4, -0.2) is 32.1 Å². The van der Waals surface area contributed by atoms with Crippen LogP contribution in [0.4, 0.5) is 0 Å². The Bertz CT molecular complexity index is 388. The number of carbonyl (C=O) groups excluding carboxylic acids is 1. The number of nitrogens with zero attached hydrogens (tertiary/aromatic N) is 2. The second kappa shape index (κ2) is 6.15. The number of carbonyl (C=O) groups is 1. The van der Waals surface area contributed by atoms with E-state index >= 15 is 0 Å². The molecule has 1 aliphatic rings. The van der Waals surface area contributed by atoms with Gasteiger partial charge in [-0.2, -0.15) is 0 Å². The second-order valence-electron chi connectivity index (χ2n) is 5.61. The first-order valence-electron chi connectivity index (χ1n) is 6.17. The molecule has 1 heterocycles. The molecule has 0 aromatic carbocycles. The Morgan fingerprint density at radius 1 is 1.53 bits per heavy atom. The molecule has 4 unspecified atom stereocenters. The Labute approximate surface area is 114 Å². The molecule has 1 rings (SSSR count). The topological polar surface area (TPSA) is 80.9 Å². The van der Waals surface area contributed by atoms with Gasteiger partial charge in [0.1, 0.15) is 0 Å². The standard InChI is InChI=1S/C12H19BN2O4/c1-7-8(6-14)5-9(10(17-7)19-15-13)18-11(16)12(2,3)4/h7-10,13H,5H2,1-4H3. The predicted molar refractivity (Wildman–Crippen MR) is 68.1 cm³/mol. The normalized spacial score (nSPS) is 31.1. The van der Waals surface area contributed by atoms with Gasteiger partial charge in [0, 0.05) is 0 Å². The van der Waals surface area contributed by atoms with Crippen molar-refractivity contribution in [3.8, 4) is 6.07 Å². The van der Waals surface area contributed by atoms with Gasteiger partial charge in [-0.25, -0.2) is 0 Å². The summed E-state index contributed by atoms with van der Waals surface area (Å²) in [6.45, 7) is 7.04. The third-order valence-electron chi connectivity index (χ3n) is 2.92. The molecule has 0 aliphatic carbocycles. The Morgan fingerprint density at radius 2 is 2.16 bits per heavy atom. The van der Waals surface area contributed by atoms with Crippen molar-refractivity contribution in [3.05, 3.63) is 0 Å². The van der Waals surface area contributed by atoms with Crippen LogP contribution in [0, 0.1) is 22.7 Å². The summed E-state index contributed by atoms with van der Waals surface area (Å²) < 4.78 is 10.9. The number of esters is 1. The van der Waals surface area contributed by atoms with E-state index in [4.69, 9.17) is 19.6 Å². The van der Waals surface area contributed by atoms with Crippen LogP contribution in [0.3, 0.4) is 0 Å². The molecule has 0 aromatic heterocycles. The average molecular weight is 266 g/mol. The predicted octanol–water partition coefficient (Wildman–Crippen LogP) is 1.23. The first-order chi connectivity index (χ1) is 8.79. The van der Waals surface area contributed by atoms with Crippen molar-refractivity contribution in [3.63, 3.8) is 0 Å². The molecule has 1 saturated heterocycles. The van der Waals surface area contributed by atoms with Crippen molar-refractivity contribution >= 4 is 13.6 Å². The van der Waals surface area contributed by atoms with Gasteiger partial charge in [-0.15, -0.1) is 0 Å². The molecule has 0 aromatic rings. The number of rotatable bonds is 3. The molecule has 7 heteroatoms. The summed E-state index contributed by atoms with van der Waals surface area (Å²) in [5, 5.41) is 12.4. The molecular formula is C12H19BN2O4. The summed E-state index contributed by atoms with van der Waals surface area (Å²) in [5.41, 5.74) is -0.628. The van der Waals surface area contributed by atoms with Crippen LogP contribution in [0.2, 0.25) is 0 Å². The molecule has 4 atom stereocenters. The molecule has 19 heavy (non-hydrogen) atoms. The summed E-state index contributed by atoms with van der Waals surface area (Å²) in [4.78, 5) is 16.9. The Morgan fingerprint density at radius 3 is 2.63 bits per heavy atom. The fraction of sp³-hybridized carbons (Fsp3) is 0.833. The van der Waals surface area contributed by atoms with Crippen LogP contribution in [-0.2, 0) is 19.1 Å². The minimum atomic E-state index is -0.816. The van der Waals surface area contributed by atoms with Gasteiger partial charge in [-0.3, -0.25) is 0 Å². The van der Waals surface area contributed by atoms with E-state index in [0.717, 1.165) is 0 Å². The number of ether oxygens (including phenoxy) is 2. The molecule has 0 saturated carbocycles. The molecule has 104 valence electrons. The van der Waals surface area contributed by atoms with Crippen LogP contribution in [0.1, 0.15) is 34.1 Å². The molecule has 0 spiro atoms. The first kappa shape index (κ1) is 15.6. The SMILES string of the molecule is B=NOC1OC(C)C(C#N)CC1OC(=O)C(C)(C)C. The minimum absolute atomic E-state index is 0.304. The van der Waals surface area contributed by atoms with E-state index in [1.54, 1.807) is 27.7 Å². The van der Waals surface area contributed by atoms with Crippen molar-refractivity contribution < 1.29 is 19.1 Å². The number of hydrogen-bond acceptors (Lipinski definition) is 6. The van der Waals surface area contributed by atoms with E-state index in [0.29, 0.717) is 6.42 Å². The summed E-state index contributed by atoms with van der Waals surface area (Å²) in [7, 11) is 3.22. The molecular weight excluding hydrogens is 247 g/mol. The Balaban J connectivity index is 2.78. The van der Waals surface area contributed by atoms with Crippen molar-refractivity contribution in [2.75, 3.05) is 0 Å². The van der Waals surface area contributed by atoms with E-state index in [2.05, 4.69) is 18.8 Å². The van der Waals surface area contributed by atoms with E-state index in [1.165, 1.54) is 0 Å². The maximum absolute atomic E-state index is 11.9. The van der Waals surface area contributed by atoms with Crippen LogP contribution < -0.4 is 0 Å². The van der Waals surface area contributed by atoms with Gasteiger partial charge in [0.15, 0.2) is 0 Å². The van der Waals surface area contributed by atoms with Gasteiger partial charge in [0.05, 0.1) is 0 Å². The zero-order valence-corrected chi connectivity index (χ0v) is 11.8. The third-order valence-corrected chi connectivity index (χ3v) is 2.92. The van der Waals surface area contributed by atoms with E-state index in [1.807, 2.05) is 0 Å². The summed E-state index contributed by atoms with van der Waals surface area (Å²) >= 11 is 0. The van der Waals surface area contributed by atoms with Crippen LogP contribution in [0.25, 0.3) is 0 Å². The van der Waals surface area contributed by atoms with Crippen LogP contribution in [0.15, 0.2) is 5.06 Å². The molecule has 1 fully saturated rings. The van der Waals surface area contributed by atoms with Gasteiger partial charge < -0.3 is 0 Å². The Kier molecular flexibility index (Phi) is 5.07. The van der Waals surface area contributed by atoms with Gasteiger partial charge in [0.25, 0.3) is 0 Å². The van der Waals surface area contributed by atoms with Crippen molar-refractivity contribution in [2.45, 2.75) is 52.6 Å². The molecule has 0 bridgehead atoms. The van der Waals surface area contributed by atoms with Gasteiger partial charge in [0.2, 0.25) is 0 Å². The quantitative estimate of drug-likeness (QED) is 0.436. The summed E-state index contributed by atoms with van der Waals surface area (Å²) in [6.07, 6.45) is -1.41.